The Morgan fingerprint density at radius 3 is 2.50 bits per heavy atom. The summed E-state index contributed by atoms with van der Waals surface area (Å²) in [5.74, 6) is -2.61. The van der Waals surface area contributed by atoms with Crippen molar-refractivity contribution < 1.29 is 29.0 Å². The van der Waals surface area contributed by atoms with Crippen molar-refractivity contribution in [2.24, 2.45) is 17.8 Å². The Morgan fingerprint density at radius 1 is 1.24 bits per heavy atom. The molecule has 3 heterocycles. The minimum atomic E-state index is -1.14. The quantitative estimate of drug-likeness (QED) is 0.195. The van der Waals surface area contributed by atoms with E-state index in [1.54, 1.807) is 22.0 Å². The summed E-state index contributed by atoms with van der Waals surface area (Å²) >= 11 is 0. The van der Waals surface area contributed by atoms with E-state index in [1.165, 1.54) is 0 Å². The van der Waals surface area contributed by atoms with Gasteiger partial charge in [0.05, 0.1) is 30.8 Å². The molecule has 0 aliphatic carbocycles. The molecule has 3 rings (SSSR count). The number of likely N-dealkylation sites (tertiary alicyclic amines) is 1. The van der Waals surface area contributed by atoms with Gasteiger partial charge in [-0.1, -0.05) is 52.7 Å². The molecule has 0 saturated carbocycles. The maximum absolute atomic E-state index is 14.5. The number of hydrogen-bond donors (Lipinski definition) is 1. The second-order valence-corrected chi connectivity index (χ2v) is 11.4. The van der Waals surface area contributed by atoms with Gasteiger partial charge in [-0.15, -0.1) is 13.2 Å². The van der Waals surface area contributed by atoms with Crippen LogP contribution in [-0.4, -0.2) is 81.8 Å². The first kappa shape index (κ1) is 30.4. The lowest BCUT2D eigenvalue weighted by molar-refractivity contribution is -0.164. The highest BCUT2D eigenvalue weighted by Crippen LogP contribution is 2.65. The number of hydrogen-bond acceptors (Lipinski definition) is 6. The minimum Gasteiger partial charge on any atom is -0.465 e. The molecule has 0 aromatic carbocycles. The number of fused-ring (bicyclic) bond motifs is 1. The van der Waals surface area contributed by atoms with E-state index in [9.17, 15) is 19.5 Å². The van der Waals surface area contributed by atoms with Crippen molar-refractivity contribution in [3.63, 3.8) is 0 Å². The number of amides is 2. The monoisotopic (exact) mass is 532 g/mol. The summed E-state index contributed by atoms with van der Waals surface area (Å²) in [7, 11) is 0. The molecular formula is C30H48N2O6. The summed E-state index contributed by atoms with van der Waals surface area (Å²) < 4.78 is 12.5. The zero-order valence-corrected chi connectivity index (χ0v) is 24.0. The summed E-state index contributed by atoms with van der Waals surface area (Å²) in [4.78, 5) is 45.9. The van der Waals surface area contributed by atoms with Crippen molar-refractivity contribution >= 4 is 17.8 Å². The zero-order chi connectivity index (χ0) is 28.3. The van der Waals surface area contributed by atoms with Crippen LogP contribution in [0.1, 0.15) is 79.6 Å². The zero-order valence-electron chi connectivity index (χ0n) is 24.0. The van der Waals surface area contributed by atoms with Gasteiger partial charge in [0.1, 0.15) is 17.6 Å². The maximum atomic E-state index is 14.5. The highest BCUT2D eigenvalue weighted by Gasteiger charge is 2.79. The molecule has 0 radical (unpaired) electrons. The minimum absolute atomic E-state index is 0.0503. The van der Waals surface area contributed by atoms with E-state index in [1.807, 2.05) is 27.7 Å². The standard InChI is InChI=1S/C30H48N2O6/c1-8-13-18-37-28(36)24-23-26(34)32(22(19-33)20(6)11-4)25(30(23)16-15-29(24,12-5)38-30)27(35)31(17-10-3)21(7)14-9-2/h8,10,20-25,33H,1,3,9,11-19H2,2,4-7H3/t20-,21?,22-,23-,24+,25?,29-,30?/m0/s1. The van der Waals surface area contributed by atoms with Crippen LogP contribution < -0.4 is 0 Å². The molecule has 1 N–H and O–H groups in total. The van der Waals surface area contributed by atoms with Crippen LogP contribution in [0.4, 0.5) is 0 Å². The number of aliphatic hydroxyl groups is 1. The van der Waals surface area contributed by atoms with Gasteiger partial charge in [-0.2, -0.15) is 0 Å². The Hall–Kier alpha value is -2.19. The largest absolute Gasteiger partial charge is 0.465 e. The van der Waals surface area contributed by atoms with Crippen molar-refractivity contribution in [2.75, 3.05) is 19.8 Å². The van der Waals surface area contributed by atoms with Gasteiger partial charge in [-0.05, 0) is 44.9 Å². The third-order valence-corrected chi connectivity index (χ3v) is 9.37. The van der Waals surface area contributed by atoms with E-state index in [2.05, 4.69) is 20.1 Å². The molecule has 8 nitrogen and oxygen atoms in total. The molecule has 2 bridgehead atoms. The molecule has 8 atom stereocenters. The van der Waals surface area contributed by atoms with Crippen LogP contribution in [0.5, 0.6) is 0 Å². The molecule has 38 heavy (non-hydrogen) atoms. The fraction of sp³-hybridized carbons (Fsp3) is 0.767. The van der Waals surface area contributed by atoms with Crippen molar-refractivity contribution in [1.29, 1.82) is 0 Å². The lowest BCUT2D eigenvalue weighted by Gasteiger charge is -2.42. The first-order chi connectivity index (χ1) is 18.1. The molecule has 0 aromatic heterocycles. The fourth-order valence-corrected chi connectivity index (χ4v) is 7.16. The second-order valence-electron chi connectivity index (χ2n) is 11.4. The maximum Gasteiger partial charge on any atom is 0.312 e. The Bertz CT molecular complexity index is 907. The summed E-state index contributed by atoms with van der Waals surface area (Å²) in [5.41, 5.74) is -1.99. The number of carbonyl (C=O) groups excluding carboxylic acids is 3. The Kier molecular flexibility index (Phi) is 9.85. The Morgan fingerprint density at radius 2 is 1.95 bits per heavy atom. The van der Waals surface area contributed by atoms with Crippen LogP contribution in [0.15, 0.2) is 25.3 Å². The number of esters is 1. The van der Waals surface area contributed by atoms with E-state index >= 15 is 0 Å². The molecule has 3 aliphatic heterocycles. The van der Waals surface area contributed by atoms with Crippen molar-refractivity contribution in [2.45, 2.75) is 109 Å². The number of rotatable bonds is 15. The molecule has 0 aromatic rings. The molecule has 1 spiro atoms. The SMILES string of the molecule is C=CCCOC(=O)[C@H]1[C@H]2C(=O)N([C@@H](CO)[C@@H](C)CC)C(C(=O)N(CC=C)C(C)CCC)C23CC[C@]1(CC)O3. The van der Waals surface area contributed by atoms with Crippen molar-refractivity contribution in [3.05, 3.63) is 25.3 Å². The second kappa shape index (κ2) is 12.3. The van der Waals surface area contributed by atoms with Crippen LogP contribution in [0.25, 0.3) is 0 Å². The molecule has 2 amide bonds. The first-order valence-corrected chi connectivity index (χ1v) is 14.5. The first-order valence-electron chi connectivity index (χ1n) is 14.5. The highest BCUT2D eigenvalue weighted by atomic mass is 16.6. The van der Waals surface area contributed by atoms with E-state index in [0.717, 1.165) is 19.3 Å². The predicted octanol–water partition coefficient (Wildman–Crippen LogP) is 3.87. The third-order valence-electron chi connectivity index (χ3n) is 9.37. The molecule has 3 aliphatic rings. The van der Waals surface area contributed by atoms with Crippen molar-refractivity contribution in [3.8, 4) is 0 Å². The van der Waals surface area contributed by atoms with Crippen LogP contribution in [0.3, 0.4) is 0 Å². The van der Waals surface area contributed by atoms with E-state index < -0.39 is 41.1 Å². The van der Waals surface area contributed by atoms with Gasteiger partial charge in [0.15, 0.2) is 0 Å². The van der Waals surface area contributed by atoms with Gasteiger partial charge in [0.25, 0.3) is 0 Å². The van der Waals surface area contributed by atoms with Crippen molar-refractivity contribution in [1.82, 2.24) is 9.80 Å². The topological polar surface area (TPSA) is 96.4 Å². The molecular weight excluding hydrogens is 484 g/mol. The number of carbonyl (C=O) groups is 3. The summed E-state index contributed by atoms with van der Waals surface area (Å²) in [6, 6.07) is -1.55. The van der Waals surface area contributed by atoms with Gasteiger partial charge in [0.2, 0.25) is 11.8 Å². The smallest absolute Gasteiger partial charge is 0.312 e. The normalized spacial score (nSPS) is 32.0. The summed E-state index contributed by atoms with van der Waals surface area (Å²) in [6.07, 6.45) is 7.96. The summed E-state index contributed by atoms with van der Waals surface area (Å²) in [5, 5.41) is 10.5. The number of nitrogens with zero attached hydrogens (tertiary/aromatic N) is 2. The molecule has 3 saturated heterocycles. The number of aliphatic hydroxyl groups excluding tert-OH is 1. The Labute approximate surface area is 228 Å². The number of ether oxygens (including phenoxy) is 2. The molecule has 3 unspecified atom stereocenters. The van der Waals surface area contributed by atoms with Gasteiger partial charge < -0.3 is 24.4 Å². The van der Waals surface area contributed by atoms with Gasteiger partial charge in [0, 0.05) is 12.6 Å². The molecule has 8 heteroatoms. The van der Waals surface area contributed by atoms with E-state index in [4.69, 9.17) is 9.47 Å². The predicted molar refractivity (Wildman–Crippen MR) is 146 cm³/mol. The van der Waals surface area contributed by atoms with Crippen LogP contribution in [0, 0.1) is 17.8 Å². The van der Waals surface area contributed by atoms with Crippen LogP contribution >= 0.6 is 0 Å². The fourth-order valence-electron chi connectivity index (χ4n) is 7.16. The average Bonchev–Trinajstić information content (AvgIpc) is 3.51. The van der Waals surface area contributed by atoms with Gasteiger partial charge in [-0.3, -0.25) is 14.4 Å². The van der Waals surface area contributed by atoms with E-state index in [-0.39, 0.29) is 37.0 Å². The lowest BCUT2D eigenvalue weighted by Crippen LogP contribution is -2.61. The van der Waals surface area contributed by atoms with E-state index in [0.29, 0.717) is 32.2 Å². The molecule has 214 valence electrons. The average molecular weight is 533 g/mol. The third kappa shape index (κ3) is 4.83. The summed E-state index contributed by atoms with van der Waals surface area (Å²) in [6.45, 7) is 17.9. The highest BCUT2D eigenvalue weighted by molar-refractivity contribution is 5.99. The Balaban J connectivity index is 2.15. The van der Waals surface area contributed by atoms with Crippen LogP contribution in [0.2, 0.25) is 0 Å². The van der Waals surface area contributed by atoms with Gasteiger partial charge in [-0.25, -0.2) is 0 Å². The molecule has 3 fully saturated rings. The van der Waals surface area contributed by atoms with Crippen LogP contribution in [-0.2, 0) is 23.9 Å². The van der Waals surface area contributed by atoms with Gasteiger partial charge >= 0.3 is 5.97 Å². The lowest BCUT2D eigenvalue weighted by atomic mass is 9.65.